The van der Waals surface area contributed by atoms with Crippen molar-refractivity contribution in [3.8, 4) is 5.75 Å². The molecule has 0 N–H and O–H groups in total. The Morgan fingerprint density at radius 1 is 1.59 bits per heavy atom. The molecule has 0 aliphatic carbocycles. The predicted octanol–water partition coefficient (Wildman–Crippen LogP) is 3.60. The molecule has 1 atom stereocenters. The topological polar surface area (TPSA) is 61.6 Å². The summed E-state index contributed by atoms with van der Waals surface area (Å²) in [6.07, 6.45) is 0.548. The zero-order chi connectivity index (χ0) is 13.1. The Labute approximate surface area is 109 Å². The molecule has 0 spiro atoms. The third-order valence-corrected chi connectivity index (χ3v) is 5.58. The average molecular weight is 296 g/mol. The van der Waals surface area contributed by atoms with Crippen LogP contribution in [0.1, 0.15) is 6.92 Å². The molecule has 0 aliphatic heterocycles. The van der Waals surface area contributed by atoms with Gasteiger partial charge in [-0.3, -0.25) is 10.1 Å². The Bertz CT molecular complexity index is 474. The van der Waals surface area contributed by atoms with Gasteiger partial charge >= 0.3 is 0 Å². The van der Waals surface area contributed by atoms with Crippen molar-refractivity contribution < 1.29 is 14.0 Å². The Morgan fingerprint density at radius 3 is 2.65 bits per heavy atom. The third kappa shape index (κ3) is 3.64. The van der Waals surface area contributed by atoms with E-state index in [2.05, 4.69) is 0 Å². The monoisotopic (exact) mass is 295 g/mol. The van der Waals surface area contributed by atoms with E-state index in [0.29, 0.717) is 11.9 Å². The lowest BCUT2D eigenvalue weighted by molar-refractivity contribution is -0.384. The third-order valence-electron chi connectivity index (χ3n) is 2.03. The minimum atomic E-state index is -2.39. The number of nitrogens with zero attached hydrogens (tertiary/aromatic N) is 1. The quantitative estimate of drug-likeness (QED) is 0.472. The van der Waals surface area contributed by atoms with Crippen LogP contribution in [0.3, 0.4) is 0 Å². The second-order valence-corrected chi connectivity index (χ2v) is 7.55. The number of nitro groups is 1. The van der Waals surface area contributed by atoms with E-state index in [4.69, 9.17) is 32.5 Å². The fraction of sp³-hybridized carbons (Fsp3) is 0.333. The fourth-order valence-electron chi connectivity index (χ4n) is 1.06. The van der Waals surface area contributed by atoms with Crippen LogP contribution in [0.5, 0.6) is 5.75 Å². The fourth-order valence-corrected chi connectivity index (χ4v) is 2.49. The van der Waals surface area contributed by atoms with Crippen molar-refractivity contribution in [2.75, 3.05) is 13.3 Å². The zero-order valence-corrected chi connectivity index (χ0v) is 11.7. The SMILES string of the molecule is CCP(=S)(OC)Oc1ccc([N+](=O)[O-])cc1Cl. The number of rotatable bonds is 5. The normalized spacial score (nSPS) is 14.1. The molecule has 1 aromatic rings. The maximum absolute atomic E-state index is 10.5. The molecule has 0 fully saturated rings. The molecule has 1 aromatic carbocycles. The maximum atomic E-state index is 10.5. The van der Waals surface area contributed by atoms with Gasteiger partial charge in [0.15, 0.2) is 0 Å². The summed E-state index contributed by atoms with van der Waals surface area (Å²) in [6.45, 7) is -0.539. The molecule has 8 heteroatoms. The van der Waals surface area contributed by atoms with Crippen LogP contribution in [-0.4, -0.2) is 18.2 Å². The lowest BCUT2D eigenvalue weighted by Gasteiger charge is -2.19. The van der Waals surface area contributed by atoms with Gasteiger partial charge in [-0.2, -0.15) is 0 Å². The summed E-state index contributed by atoms with van der Waals surface area (Å²) in [7, 11) is 1.48. The minimum absolute atomic E-state index is 0.0930. The lowest BCUT2D eigenvalue weighted by atomic mass is 10.3. The largest absolute Gasteiger partial charge is 0.442 e. The van der Waals surface area contributed by atoms with E-state index < -0.39 is 11.4 Å². The summed E-state index contributed by atoms with van der Waals surface area (Å²) in [5.41, 5.74) is -0.0930. The molecule has 0 heterocycles. The molecule has 0 aliphatic rings. The number of non-ortho nitro benzene ring substituents is 1. The first-order chi connectivity index (χ1) is 7.91. The minimum Gasteiger partial charge on any atom is -0.442 e. The first-order valence-electron chi connectivity index (χ1n) is 4.70. The summed E-state index contributed by atoms with van der Waals surface area (Å²) < 4.78 is 10.6. The van der Waals surface area contributed by atoms with Gasteiger partial charge in [0.1, 0.15) is 5.75 Å². The van der Waals surface area contributed by atoms with Crippen molar-refractivity contribution in [2.45, 2.75) is 6.92 Å². The first kappa shape index (κ1) is 14.4. The molecule has 1 rings (SSSR count). The number of benzene rings is 1. The Hall–Kier alpha value is -0.680. The number of halogens is 1. The average Bonchev–Trinajstić information content (AvgIpc) is 2.31. The summed E-state index contributed by atoms with van der Waals surface area (Å²) in [5, 5.41) is 10.7. The maximum Gasteiger partial charge on any atom is 0.271 e. The van der Waals surface area contributed by atoms with Crippen molar-refractivity contribution in [2.24, 2.45) is 0 Å². The Kier molecular flexibility index (Phi) is 4.89. The molecule has 0 saturated heterocycles. The van der Waals surface area contributed by atoms with Crippen molar-refractivity contribution in [3.63, 3.8) is 0 Å². The number of hydrogen-bond donors (Lipinski definition) is 0. The van der Waals surface area contributed by atoms with Crippen molar-refractivity contribution in [1.82, 2.24) is 0 Å². The molecule has 0 saturated carbocycles. The van der Waals surface area contributed by atoms with Gasteiger partial charge < -0.3 is 9.05 Å². The van der Waals surface area contributed by atoms with Gasteiger partial charge in [-0.25, -0.2) is 0 Å². The van der Waals surface area contributed by atoms with Crippen molar-refractivity contribution >= 4 is 35.6 Å². The van der Waals surface area contributed by atoms with Crippen molar-refractivity contribution in [1.29, 1.82) is 0 Å². The van der Waals surface area contributed by atoms with Gasteiger partial charge in [0.25, 0.3) is 5.69 Å². The molecular formula is C9H11ClNO4PS. The molecule has 17 heavy (non-hydrogen) atoms. The van der Waals surface area contributed by atoms with Gasteiger partial charge in [-0.05, 0) is 17.9 Å². The second-order valence-electron chi connectivity index (χ2n) is 3.07. The summed E-state index contributed by atoms with van der Waals surface area (Å²) in [6, 6.07) is 3.96. The summed E-state index contributed by atoms with van der Waals surface area (Å²) in [4.78, 5) is 10.0. The smallest absolute Gasteiger partial charge is 0.271 e. The van der Waals surface area contributed by atoms with Crippen LogP contribution in [0, 0.1) is 10.1 Å². The van der Waals surface area contributed by atoms with E-state index in [1.807, 2.05) is 6.92 Å². The van der Waals surface area contributed by atoms with E-state index >= 15 is 0 Å². The van der Waals surface area contributed by atoms with Crippen LogP contribution in [0.2, 0.25) is 5.02 Å². The van der Waals surface area contributed by atoms with E-state index in [1.165, 1.54) is 25.3 Å². The molecule has 1 unspecified atom stereocenters. The number of nitro benzene ring substituents is 1. The van der Waals surface area contributed by atoms with E-state index in [9.17, 15) is 10.1 Å². The van der Waals surface area contributed by atoms with Gasteiger partial charge in [0.2, 0.25) is 6.49 Å². The van der Waals surface area contributed by atoms with Crippen LogP contribution < -0.4 is 4.52 Å². The standard InChI is InChI=1S/C9H11ClNO4PS/c1-3-16(17,14-2)15-9-5-4-7(11(12)13)6-8(9)10/h4-6H,3H2,1-2H3. The Morgan fingerprint density at radius 2 is 2.24 bits per heavy atom. The van der Waals surface area contributed by atoms with Gasteiger partial charge in [0, 0.05) is 25.4 Å². The summed E-state index contributed by atoms with van der Waals surface area (Å²) >= 11 is 11.1. The lowest BCUT2D eigenvalue weighted by Crippen LogP contribution is -1.98. The highest BCUT2D eigenvalue weighted by atomic mass is 35.5. The number of hydrogen-bond acceptors (Lipinski definition) is 5. The molecule has 0 amide bonds. The molecule has 94 valence electrons. The molecule has 0 bridgehead atoms. The van der Waals surface area contributed by atoms with Crippen LogP contribution in [0.15, 0.2) is 18.2 Å². The highest BCUT2D eigenvalue weighted by molar-refractivity contribution is 8.10. The molecule has 0 aromatic heterocycles. The van der Waals surface area contributed by atoms with Gasteiger partial charge in [-0.1, -0.05) is 18.5 Å². The zero-order valence-electron chi connectivity index (χ0n) is 9.25. The highest BCUT2D eigenvalue weighted by Gasteiger charge is 2.19. The van der Waals surface area contributed by atoms with E-state index in [1.54, 1.807) is 0 Å². The van der Waals surface area contributed by atoms with Crippen LogP contribution >= 0.6 is 18.1 Å². The summed E-state index contributed by atoms with van der Waals surface area (Å²) in [5.74, 6) is 0.310. The van der Waals surface area contributed by atoms with Gasteiger partial charge in [0.05, 0.1) is 9.95 Å². The predicted molar refractivity (Wildman–Crippen MR) is 70.6 cm³/mol. The molecule has 0 radical (unpaired) electrons. The van der Waals surface area contributed by atoms with Crippen molar-refractivity contribution in [3.05, 3.63) is 33.3 Å². The van der Waals surface area contributed by atoms with E-state index in [-0.39, 0.29) is 10.7 Å². The van der Waals surface area contributed by atoms with Crippen LogP contribution in [0.4, 0.5) is 5.69 Å². The highest BCUT2D eigenvalue weighted by Crippen LogP contribution is 2.49. The Balaban J connectivity index is 3.01. The van der Waals surface area contributed by atoms with Crippen LogP contribution in [-0.2, 0) is 16.3 Å². The van der Waals surface area contributed by atoms with Gasteiger partial charge in [-0.15, -0.1) is 0 Å². The second kappa shape index (κ2) is 5.78. The van der Waals surface area contributed by atoms with E-state index in [0.717, 1.165) is 0 Å². The molecule has 5 nitrogen and oxygen atoms in total. The molecular weight excluding hydrogens is 285 g/mol. The van der Waals surface area contributed by atoms with Crippen LogP contribution in [0.25, 0.3) is 0 Å². The first-order valence-corrected chi connectivity index (χ1v) is 7.90.